The standard InChI is InChI=1S/C25H26ClNO6S/c1-3-32-25(29)23-16(2)33-22-14-11-19(15-21(22)23)27(24(28)17-7-5-4-6-8-17)34(30,31)20-12-9-18(26)10-13-20/h9-15,17H,3-8H2,1-2H3. The van der Waals surface area contributed by atoms with Gasteiger partial charge in [-0.1, -0.05) is 30.9 Å². The van der Waals surface area contributed by atoms with Gasteiger partial charge in [-0.15, -0.1) is 0 Å². The number of ether oxygens (including phenoxy) is 1. The molecule has 0 radical (unpaired) electrons. The minimum absolute atomic E-state index is 0.0462. The number of esters is 1. The fourth-order valence-corrected chi connectivity index (χ4v) is 6.00. The van der Waals surface area contributed by atoms with Crippen LogP contribution < -0.4 is 4.31 Å². The van der Waals surface area contributed by atoms with Crippen LogP contribution in [0, 0.1) is 12.8 Å². The fraction of sp³-hybridized carbons (Fsp3) is 0.360. The molecule has 0 unspecified atom stereocenters. The third kappa shape index (κ3) is 4.57. The van der Waals surface area contributed by atoms with E-state index in [2.05, 4.69) is 0 Å². The molecule has 0 bridgehead atoms. The van der Waals surface area contributed by atoms with Gasteiger partial charge in [-0.25, -0.2) is 17.5 Å². The Balaban J connectivity index is 1.87. The summed E-state index contributed by atoms with van der Waals surface area (Å²) in [6.45, 7) is 3.52. The summed E-state index contributed by atoms with van der Waals surface area (Å²) in [6, 6.07) is 10.3. The largest absolute Gasteiger partial charge is 0.462 e. The van der Waals surface area contributed by atoms with Gasteiger partial charge in [0.15, 0.2) is 0 Å². The minimum Gasteiger partial charge on any atom is -0.462 e. The average Bonchev–Trinajstić information content (AvgIpc) is 3.15. The second-order valence-electron chi connectivity index (χ2n) is 8.33. The number of carbonyl (C=O) groups is 2. The van der Waals surface area contributed by atoms with Crippen LogP contribution in [0.3, 0.4) is 0 Å². The maximum Gasteiger partial charge on any atom is 0.342 e. The second kappa shape index (κ2) is 9.80. The van der Waals surface area contributed by atoms with Gasteiger partial charge >= 0.3 is 5.97 Å². The number of hydrogen-bond donors (Lipinski definition) is 0. The lowest BCUT2D eigenvalue weighted by Crippen LogP contribution is -2.41. The van der Waals surface area contributed by atoms with Crippen molar-refractivity contribution >= 4 is 50.2 Å². The zero-order valence-corrected chi connectivity index (χ0v) is 20.6. The number of aryl methyl sites for hydroxylation is 1. The predicted octanol–water partition coefficient (Wildman–Crippen LogP) is 5.87. The van der Waals surface area contributed by atoms with E-state index >= 15 is 0 Å². The zero-order valence-electron chi connectivity index (χ0n) is 19.0. The summed E-state index contributed by atoms with van der Waals surface area (Å²) in [5.41, 5.74) is 0.760. The Labute approximate surface area is 203 Å². The van der Waals surface area contributed by atoms with Gasteiger partial charge in [0.2, 0.25) is 5.91 Å². The van der Waals surface area contributed by atoms with Crippen molar-refractivity contribution in [3.63, 3.8) is 0 Å². The van der Waals surface area contributed by atoms with Gasteiger partial charge < -0.3 is 9.15 Å². The molecule has 1 heterocycles. The van der Waals surface area contributed by atoms with E-state index in [1.807, 2.05) is 0 Å². The number of furan rings is 1. The zero-order chi connectivity index (χ0) is 24.5. The van der Waals surface area contributed by atoms with E-state index in [9.17, 15) is 18.0 Å². The van der Waals surface area contributed by atoms with Crippen molar-refractivity contribution in [3.05, 3.63) is 58.8 Å². The van der Waals surface area contributed by atoms with Crippen LogP contribution in [0.1, 0.15) is 55.1 Å². The molecule has 1 aliphatic carbocycles. The minimum atomic E-state index is -4.25. The second-order valence-corrected chi connectivity index (χ2v) is 10.6. The van der Waals surface area contributed by atoms with Crippen molar-refractivity contribution in [3.8, 4) is 0 Å². The molecular weight excluding hydrogens is 478 g/mol. The van der Waals surface area contributed by atoms with Gasteiger partial charge in [0.25, 0.3) is 10.0 Å². The number of benzene rings is 2. The Morgan fingerprint density at radius 2 is 1.76 bits per heavy atom. The Morgan fingerprint density at radius 3 is 2.41 bits per heavy atom. The lowest BCUT2D eigenvalue weighted by molar-refractivity contribution is -0.122. The SMILES string of the molecule is CCOC(=O)c1c(C)oc2ccc(N(C(=O)C3CCCCC3)S(=O)(=O)c3ccc(Cl)cc3)cc12. The summed E-state index contributed by atoms with van der Waals surface area (Å²) in [7, 11) is -4.25. The number of amides is 1. The summed E-state index contributed by atoms with van der Waals surface area (Å²) in [4.78, 5) is 26.2. The van der Waals surface area contributed by atoms with Crippen LogP contribution in [0.15, 0.2) is 51.8 Å². The first-order valence-electron chi connectivity index (χ1n) is 11.3. The lowest BCUT2D eigenvalue weighted by Gasteiger charge is -2.29. The van der Waals surface area contributed by atoms with Gasteiger partial charge in [-0.05, 0) is 69.2 Å². The summed E-state index contributed by atoms with van der Waals surface area (Å²) >= 11 is 5.95. The molecule has 1 saturated carbocycles. The first-order chi connectivity index (χ1) is 16.2. The molecule has 4 rings (SSSR count). The van der Waals surface area contributed by atoms with Crippen LogP contribution in [0.2, 0.25) is 5.02 Å². The third-order valence-corrected chi connectivity index (χ3v) is 8.06. The highest BCUT2D eigenvalue weighted by atomic mass is 35.5. The van der Waals surface area contributed by atoms with E-state index in [0.717, 1.165) is 23.6 Å². The topological polar surface area (TPSA) is 93.9 Å². The van der Waals surface area contributed by atoms with E-state index in [1.165, 1.54) is 36.4 Å². The van der Waals surface area contributed by atoms with E-state index in [4.69, 9.17) is 20.8 Å². The molecular formula is C25H26ClNO6S. The highest BCUT2D eigenvalue weighted by molar-refractivity contribution is 7.93. The number of carbonyl (C=O) groups excluding carboxylic acids is 2. The van der Waals surface area contributed by atoms with Crippen molar-refractivity contribution in [1.82, 2.24) is 0 Å². The molecule has 7 nitrogen and oxygen atoms in total. The molecule has 1 aliphatic rings. The van der Waals surface area contributed by atoms with Crippen LogP contribution in [0.5, 0.6) is 0 Å². The highest BCUT2D eigenvalue weighted by Gasteiger charge is 2.36. The van der Waals surface area contributed by atoms with E-state index in [1.54, 1.807) is 19.9 Å². The van der Waals surface area contributed by atoms with Crippen LogP contribution in [0.4, 0.5) is 5.69 Å². The molecule has 34 heavy (non-hydrogen) atoms. The monoisotopic (exact) mass is 503 g/mol. The quantitative estimate of drug-likeness (QED) is 0.390. The number of sulfonamides is 1. The van der Waals surface area contributed by atoms with Gasteiger partial charge in [-0.2, -0.15) is 0 Å². The molecule has 1 fully saturated rings. The lowest BCUT2D eigenvalue weighted by atomic mass is 9.88. The van der Waals surface area contributed by atoms with Crippen LogP contribution in [-0.2, 0) is 19.6 Å². The van der Waals surface area contributed by atoms with E-state index < -0.39 is 27.8 Å². The Kier molecular flexibility index (Phi) is 7.00. The van der Waals surface area contributed by atoms with Crippen molar-refractivity contribution in [2.75, 3.05) is 10.9 Å². The van der Waals surface area contributed by atoms with Crippen molar-refractivity contribution in [1.29, 1.82) is 0 Å². The predicted molar refractivity (Wildman–Crippen MR) is 130 cm³/mol. The fourth-order valence-electron chi connectivity index (χ4n) is 4.40. The van der Waals surface area contributed by atoms with Crippen LogP contribution >= 0.6 is 11.6 Å². The van der Waals surface area contributed by atoms with Crippen molar-refractivity contribution in [2.45, 2.75) is 50.8 Å². The number of anilines is 1. The smallest absolute Gasteiger partial charge is 0.342 e. The summed E-state index contributed by atoms with van der Waals surface area (Å²) in [6.07, 6.45) is 4.03. The number of fused-ring (bicyclic) bond motifs is 1. The number of rotatable bonds is 6. The molecule has 0 saturated heterocycles. The van der Waals surface area contributed by atoms with Gasteiger partial charge in [0.1, 0.15) is 16.9 Å². The summed E-state index contributed by atoms with van der Waals surface area (Å²) in [5.74, 6) is -1.09. The molecule has 0 atom stereocenters. The summed E-state index contributed by atoms with van der Waals surface area (Å²) in [5, 5.41) is 0.777. The maximum absolute atomic E-state index is 13.7. The first-order valence-corrected chi connectivity index (χ1v) is 13.1. The molecule has 9 heteroatoms. The molecule has 1 aromatic heterocycles. The Bertz CT molecular complexity index is 1320. The van der Waals surface area contributed by atoms with E-state index in [-0.39, 0.29) is 22.8 Å². The molecule has 0 spiro atoms. The number of halogens is 1. The van der Waals surface area contributed by atoms with Crippen LogP contribution in [0.25, 0.3) is 11.0 Å². The summed E-state index contributed by atoms with van der Waals surface area (Å²) < 4.78 is 39.2. The van der Waals surface area contributed by atoms with Gasteiger partial charge in [0.05, 0.1) is 17.2 Å². The van der Waals surface area contributed by atoms with Crippen molar-refractivity contribution < 1.29 is 27.2 Å². The Morgan fingerprint density at radius 1 is 1.09 bits per heavy atom. The number of nitrogens with zero attached hydrogens (tertiary/aromatic N) is 1. The third-order valence-electron chi connectivity index (χ3n) is 6.07. The molecule has 1 amide bonds. The normalized spacial score (nSPS) is 14.8. The van der Waals surface area contributed by atoms with Gasteiger partial charge in [0, 0.05) is 16.3 Å². The molecule has 0 aliphatic heterocycles. The number of hydrogen-bond acceptors (Lipinski definition) is 6. The molecule has 180 valence electrons. The average molecular weight is 504 g/mol. The maximum atomic E-state index is 13.7. The molecule has 3 aromatic rings. The van der Waals surface area contributed by atoms with Crippen molar-refractivity contribution in [2.24, 2.45) is 5.92 Å². The van der Waals surface area contributed by atoms with E-state index in [0.29, 0.717) is 34.6 Å². The highest BCUT2D eigenvalue weighted by Crippen LogP contribution is 2.35. The van der Waals surface area contributed by atoms with Crippen LogP contribution in [-0.4, -0.2) is 26.9 Å². The molecule has 2 aromatic carbocycles. The molecule has 0 N–H and O–H groups in total. The van der Waals surface area contributed by atoms with Gasteiger partial charge in [-0.3, -0.25) is 4.79 Å². The Hall–Kier alpha value is -2.84. The first kappa shape index (κ1) is 24.3.